The maximum atomic E-state index is 12.7. The van der Waals surface area contributed by atoms with Gasteiger partial charge in [0.1, 0.15) is 5.69 Å². The van der Waals surface area contributed by atoms with Gasteiger partial charge in [-0.3, -0.25) is 9.78 Å². The Labute approximate surface area is 76.3 Å². The Morgan fingerprint density at radius 2 is 2.15 bits per heavy atom. The van der Waals surface area contributed by atoms with Gasteiger partial charge in [0.05, 0.1) is 11.8 Å². The number of pyridine rings is 1. The summed E-state index contributed by atoms with van der Waals surface area (Å²) in [5.74, 6) is -1.01. The normalized spacial score (nSPS) is 10.5. The van der Waals surface area contributed by atoms with Gasteiger partial charge in [-0.25, -0.2) is 13.2 Å². The maximum absolute atomic E-state index is 12.7. The van der Waals surface area contributed by atoms with Crippen LogP contribution in [0.4, 0.5) is 13.2 Å². The van der Waals surface area contributed by atoms with E-state index in [0.717, 1.165) is 0 Å². The summed E-state index contributed by atoms with van der Waals surface area (Å²) in [6, 6.07) is 0.634. The van der Waals surface area contributed by atoms with E-state index in [0.29, 0.717) is 12.3 Å². The fourth-order valence-electron chi connectivity index (χ4n) is 0.725. The van der Waals surface area contributed by atoms with Crippen molar-refractivity contribution < 1.29 is 18.0 Å². The first-order valence-corrected chi connectivity index (χ1v) is 3.53. The molecule has 0 radical (unpaired) electrons. The second kappa shape index (κ2) is 3.74. The Bertz CT molecular complexity index is 343. The van der Waals surface area contributed by atoms with E-state index in [1.165, 1.54) is 0 Å². The van der Waals surface area contributed by atoms with Crippen molar-refractivity contribution in [3.8, 4) is 0 Å². The minimum Gasteiger partial charge on any atom is -0.275 e. The summed E-state index contributed by atoms with van der Waals surface area (Å²) < 4.78 is 36.7. The van der Waals surface area contributed by atoms with Crippen molar-refractivity contribution >= 4 is 16.8 Å². The van der Waals surface area contributed by atoms with Gasteiger partial charge in [0, 0.05) is 0 Å². The van der Waals surface area contributed by atoms with E-state index >= 15 is 0 Å². The molecule has 0 spiro atoms. The van der Waals surface area contributed by atoms with Crippen LogP contribution in [0.25, 0.3) is 0 Å². The molecule has 0 N–H and O–H groups in total. The maximum Gasteiger partial charge on any atom is 0.280 e. The fraction of sp³-hybridized carbons (Fsp3) is 0.143. The van der Waals surface area contributed by atoms with Crippen molar-refractivity contribution in [3.63, 3.8) is 0 Å². The average Bonchev–Trinajstić information content (AvgIpc) is 2.04. The third-order valence-corrected chi connectivity index (χ3v) is 1.52. The Morgan fingerprint density at radius 1 is 1.54 bits per heavy atom. The molecule has 0 saturated carbocycles. The molecule has 0 unspecified atom stereocenters. The summed E-state index contributed by atoms with van der Waals surface area (Å²) in [6.07, 6.45) is -2.31. The summed E-state index contributed by atoms with van der Waals surface area (Å²) in [7, 11) is 0. The number of rotatable bonds is 2. The molecule has 0 aromatic carbocycles. The zero-order chi connectivity index (χ0) is 10.0. The highest BCUT2D eigenvalue weighted by molar-refractivity contribution is 6.67. The lowest BCUT2D eigenvalue weighted by molar-refractivity contribution is 0.107. The highest BCUT2D eigenvalue weighted by atomic mass is 35.5. The van der Waals surface area contributed by atoms with Gasteiger partial charge in [0.15, 0.2) is 5.82 Å². The number of halogens is 4. The highest BCUT2D eigenvalue weighted by Gasteiger charge is 2.15. The smallest absolute Gasteiger partial charge is 0.275 e. The molecular formula is C7H3ClF3NO. The molecule has 70 valence electrons. The molecule has 0 fully saturated rings. The first-order valence-electron chi connectivity index (χ1n) is 3.16. The van der Waals surface area contributed by atoms with Gasteiger partial charge in [0.25, 0.3) is 11.7 Å². The first kappa shape index (κ1) is 9.98. The standard InChI is InChI=1S/C7H3ClF3NO/c8-6(13)3-1-5(7(10)11)12-2-4(3)9/h1-2,7H. The molecule has 1 rings (SSSR count). The fourth-order valence-corrected chi connectivity index (χ4v) is 0.870. The Balaban J connectivity index is 3.19. The number of hydrogen-bond donors (Lipinski definition) is 0. The van der Waals surface area contributed by atoms with E-state index in [-0.39, 0.29) is 0 Å². The van der Waals surface area contributed by atoms with Gasteiger partial charge >= 0.3 is 0 Å². The number of alkyl halides is 2. The second-order valence-electron chi connectivity index (χ2n) is 2.16. The van der Waals surface area contributed by atoms with Crippen molar-refractivity contribution in [2.45, 2.75) is 6.43 Å². The lowest BCUT2D eigenvalue weighted by Gasteiger charge is -2.00. The van der Waals surface area contributed by atoms with E-state index in [1.54, 1.807) is 0 Å². The summed E-state index contributed by atoms with van der Waals surface area (Å²) >= 11 is 4.93. The molecule has 0 saturated heterocycles. The van der Waals surface area contributed by atoms with Crippen LogP contribution in [-0.2, 0) is 0 Å². The SMILES string of the molecule is O=C(Cl)c1cc(C(F)F)ncc1F. The molecular weight excluding hydrogens is 207 g/mol. The van der Waals surface area contributed by atoms with Crippen LogP contribution in [0.5, 0.6) is 0 Å². The predicted octanol–water partition coefficient (Wildman–Crippen LogP) is 2.54. The minimum absolute atomic E-state index is 0.539. The lowest BCUT2D eigenvalue weighted by atomic mass is 10.2. The van der Waals surface area contributed by atoms with E-state index in [2.05, 4.69) is 4.98 Å². The van der Waals surface area contributed by atoms with Crippen molar-refractivity contribution in [3.05, 3.63) is 29.3 Å². The third-order valence-electron chi connectivity index (χ3n) is 1.31. The van der Waals surface area contributed by atoms with Crippen LogP contribution >= 0.6 is 11.6 Å². The number of carbonyl (C=O) groups is 1. The predicted molar refractivity (Wildman–Crippen MR) is 39.3 cm³/mol. The summed E-state index contributed by atoms with van der Waals surface area (Å²) in [4.78, 5) is 13.6. The van der Waals surface area contributed by atoms with Crippen molar-refractivity contribution in [1.82, 2.24) is 4.98 Å². The summed E-state index contributed by atoms with van der Waals surface area (Å²) in [6.45, 7) is 0. The topological polar surface area (TPSA) is 30.0 Å². The van der Waals surface area contributed by atoms with Crippen LogP contribution in [0, 0.1) is 5.82 Å². The van der Waals surface area contributed by atoms with E-state index < -0.39 is 28.7 Å². The van der Waals surface area contributed by atoms with Crippen LogP contribution in [0.15, 0.2) is 12.3 Å². The van der Waals surface area contributed by atoms with Crippen LogP contribution in [0.1, 0.15) is 22.5 Å². The van der Waals surface area contributed by atoms with E-state index in [9.17, 15) is 18.0 Å². The molecule has 0 atom stereocenters. The molecule has 0 aliphatic heterocycles. The summed E-state index contributed by atoms with van der Waals surface area (Å²) in [5, 5.41) is -1.12. The molecule has 1 aromatic heterocycles. The van der Waals surface area contributed by atoms with Gasteiger partial charge < -0.3 is 0 Å². The second-order valence-corrected chi connectivity index (χ2v) is 2.51. The van der Waals surface area contributed by atoms with Crippen LogP contribution in [0.2, 0.25) is 0 Å². The first-order chi connectivity index (χ1) is 6.02. The minimum atomic E-state index is -2.85. The van der Waals surface area contributed by atoms with Crippen molar-refractivity contribution in [2.75, 3.05) is 0 Å². The molecule has 1 aromatic rings. The Kier molecular flexibility index (Phi) is 2.87. The lowest BCUT2D eigenvalue weighted by Crippen LogP contribution is -1.99. The van der Waals surface area contributed by atoms with E-state index in [1.807, 2.05) is 0 Å². The van der Waals surface area contributed by atoms with Gasteiger partial charge in [-0.1, -0.05) is 0 Å². The number of aromatic nitrogens is 1. The highest BCUT2D eigenvalue weighted by Crippen LogP contribution is 2.19. The Hall–Kier alpha value is -1.10. The average molecular weight is 210 g/mol. The molecule has 6 heteroatoms. The van der Waals surface area contributed by atoms with Crippen LogP contribution in [0.3, 0.4) is 0 Å². The zero-order valence-electron chi connectivity index (χ0n) is 6.10. The van der Waals surface area contributed by atoms with Gasteiger partial charge in [-0.15, -0.1) is 0 Å². The quantitative estimate of drug-likeness (QED) is 0.701. The molecule has 2 nitrogen and oxygen atoms in total. The van der Waals surface area contributed by atoms with Crippen LogP contribution in [-0.4, -0.2) is 10.2 Å². The van der Waals surface area contributed by atoms with Gasteiger partial charge in [0.2, 0.25) is 0 Å². The molecule has 0 aliphatic rings. The van der Waals surface area contributed by atoms with Gasteiger partial charge in [-0.2, -0.15) is 0 Å². The van der Waals surface area contributed by atoms with E-state index in [4.69, 9.17) is 11.6 Å². The van der Waals surface area contributed by atoms with Gasteiger partial charge in [-0.05, 0) is 17.7 Å². The molecule has 1 heterocycles. The van der Waals surface area contributed by atoms with Crippen LogP contribution < -0.4 is 0 Å². The summed E-state index contributed by atoms with van der Waals surface area (Å²) in [5.41, 5.74) is -1.27. The molecule has 13 heavy (non-hydrogen) atoms. The number of nitrogens with zero attached hydrogens (tertiary/aromatic N) is 1. The molecule has 0 amide bonds. The molecule has 0 bridgehead atoms. The number of hydrogen-bond acceptors (Lipinski definition) is 2. The Morgan fingerprint density at radius 3 is 2.62 bits per heavy atom. The van der Waals surface area contributed by atoms with Crippen molar-refractivity contribution in [1.29, 1.82) is 0 Å². The zero-order valence-corrected chi connectivity index (χ0v) is 6.86. The third kappa shape index (κ3) is 2.18. The monoisotopic (exact) mass is 209 g/mol. The van der Waals surface area contributed by atoms with Crippen molar-refractivity contribution in [2.24, 2.45) is 0 Å². The number of carbonyl (C=O) groups excluding carboxylic acids is 1. The molecule has 0 aliphatic carbocycles. The largest absolute Gasteiger partial charge is 0.280 e.